The molecular weight excluding hydrogens is 340 g/mol. The fourth-order valence-corrected chi connectivity index (χ4v) is 2.88. The van der Waals surface area contributed by atoms with Crippen molar-refractivity contribution in [3.05, 3.63) is 82.3 Å². The molecule has 0 fully saturated rings. The van der Waals surface area contributed by atoms with Gasteiger partial charge in [-0.2, -0.15) is 15.3 Å². The normalized spacial score (nSPS) is 11.9. The number of benzene rings is 2. The van der Waals surface area contributed by atoms with E-state index in [9.17, 15) is 4.79 Å². The molecular formula is C20H16N6O. The van der Waals surface area contributed by atoms with Crippen molar-refractivity contribution in [2.75, 3.05) is 5.32 Å². The fraction of sp³-hybridized carbons (Fsp3) is 0.100. The minimum atomic E-state index is -0.253. The SMILES string of the molecule is CC(Nc1nc2c(cnn2-c2ccccc2)c(=O)[nH]1)c1ccc(C#N)cc1. The van der Waals surface area contributed by atoms with Crippen LogP contribution in [-0.4, -0.2) is 19.7 Å². The molecule has 0 bridgehead atoms. The molecule has 0 aliphatic heterocycles. The van der Waals surface area contributed by atoms with Gasteiger partial charge in [-0.3, -0.25) is 9.78 Å². The van der Waals surface area contributed by atoms with Gasteiger partial charge in [0.25, 0.3) is 5.56 Å². The second-order valence-electron chi connectivity index (χ2n) is 6.14. The van der Waals surface area contributed by atoms with E-state index in [-0.39, 0.29) is 11.6 Å². The van der Waals surface area contributed by atoms with E-state index >= 15 is 0 Å². The number of anilines is 1. The molecule has 0 spiro atoms. The molecule has 7 heteroatoms. The van der Waals surface area contributed by atoms with E-state index in [1.807, 2.05) is 49.4 Å². The maximum Gasteiger partial charge on any atom is 0.263 e. The smallest absolute Gasteiger partial charge is 0.263 e. The van der Waals surface area contributed by atoms with Crippen molar-refractivity contribution in [1.29, 1.82) is 5.26 Å². The number of para-hydroxylation sites is 1. The molecule has 0 saturated carbocycles. The molecule has 0 radical (unpaired) electrons. The van der Waals surface area contributed by atoms with Gasteiger partial charge in [-0.25, -0.2) is 4.68 Å². The van der Waals surface area contributed by atoms with E-state index < -0.39 is 0 Å². The number of nitrogens with one attached hydrogen (secondary N) is 2. The summed E-state index contributed by atoms with van der Waals surface area (Å²) in [6.07, 6.45) is 1.52. The second-order valence-corrected chi connectivity index (χ2v) is 6.14. The molecule has 2 aromatic carbocycles. The second kappa shape index (κ2) is 6.77. The van der Waals surface area contributed by atoms with Crippen LogP contribution in [0.15, 0.2) is 65.6 Å². The Balaban J connectivity index is 1.70. The molecule has 132 valence electrons. The maximum absolute atomic E-state index is 12.4. The number of aromatic amines is 1. The Morgan fingerprint density at radius 2 is 1.89 bits per heavy atom. The van der Waals surface area contributed by atoms with Gasteiger partial charge in [-0.15, -0.1) is 0 Å². The summed E-state index contributed by atoms with van der Waals surface area (Å²) in [5.74, 6) is 0.363. The number of nitriles is 1. The van der Waals surface area contributed by atoms with Gasteiger partial charge in [0.2, 0.25) is 5.95 Å². The summed E-state index contributed by atoms with van der Waals surface area (Å²) in [6.45, 7) is 1.96. The van der Waals surface area contributed by atoms with Crippen LogP contribution in [0, 0.1) is 11.3 Å². The van der Waals surface area contributed by atoms with E-state index in [0.717, 1.165) is 11.3 Å². The lowest BCUT2D eigenvalue weighted by molar-refractivity contribution is 0.853. The van der Waals surface area contributed by atoms with Crippen molar-refractivity contribution < 1.29 is 0 Å². The third-order valence-electron chi connectivity index (χ3n) is 4.33. The highest BCUT2D eigenvalue weighted by molar-refractivity contribution is 5.76. The first kappa shape index (κ1) is 16.5. The third kappa shape index (κ3) is 3.16. The van der Waals surface area contributed by atoms with Gasteiger partial charge in [-0.05, 0) is 36.8 Å². The molecule has 1 unspecified atom stereocenters. The number of fused-ring (bicyclic) bond motifs is 1. The van der Waals surface area contributed by atoms with Crippen LogP contribution in [-0.2, 0) is 0 Å². The largest absolute Gasteiger partial charge is 0.349 e. The summed E-state index contributed by atoms with van der Waals surface area (Å²) in [4.78, 5) is 19.7. The molecule has 2 aromatic heterocycles. The molecule has 4 aromatic rings. The first-order chi connectivity index (χ1) is 13.2. The van der Waals surface area contributed by atoms with Crippen LogP contribution in [0.3, 0.4) is 0 Å². The lowest BCUT2D eigenvalue weighted by atomic mass is 10.1. The summed E-state index contributed by atoms with van der Waals surface area (Å²) >= 11 is 0. The van der Waals surface area contributed by atoms with Crippen molar-refractivity contribution in [2.24, 2.45) is 0 Å². The van der Waals surface area contributed by atoms with Gasteiger partial charge in [0.15, 0.2) is 5.65 Å². The van der Waals surface area contributed by atoms with E-state index in [1.54, 1.807) is 16.8 Å². The van der Waals surface area contributed by atoms with E-state index in [0.29, 0.717) is 22.5 Å². The van der Waals surface area contributed by atoms with Crippen LogP contribution in [0.4, 0.5) is 5.95 Å². The highest BCUT2D eigenvalue weighted by Gasteiger charge is 2.13. The van der Waals surface area contributed by atoms with Crippen molar-refractivity contribution in [2.45, 2.75) is 13.0 Å². The van der Waals surface area contributed by atoms with Gasteiger partial charge in [0.1, 0.15) is 5.39 Å². The average Bonchev–Trinajstić information content (AvgIpc) is 3.13. The zero-order valence-corrected chi connectivity index (χ0v) is 14.5. The van der Waals surface area contributed by atoms with Gasteiger partial charge in [0.05, 0.1) is 29.6 Å². The van der Waals surface area contributed by atoms with Crippen LogP contribution < -0.4 is 10.9 Å². The van der Waals surface area contributed by atoms with Crippen molar-refractivity contribution in [1.82, 2.24) is 19.7 Å². The summed E-state index contributed by atoms with van der Waals surface area (Å²) in [5.41, 5.74) is 2.65. The predicted octanol–water partition coefficient (Wildman–Crippen LogP) is 3.15. The third-order valence-corrected chi connectivity index (χ3v) is 4.33. The van der Waals surface area contributed by atoms with Crippen LogP contribution in [0.25, 0.3) is 16.7 Å². The minimum Gasteiger partial charge on any atom is -0.349 e. The topological polar surface area (TPSA) is 99.4 Å². The van der Waals surface area contributed by atoms with E-state index in [1.165, 1.54) is 6.20 Å². The van der Waals surface area contributed by atoms with Crippen molar-refractivity contribution in [3.63, 3.8) is 0 Å². The van der Waals surface area contributed by atoms with E-state index in [2.05, 4.69) is 26.5 Å². The molecule has 0 amide bonds. The quantitative estimate of drug-likeness (QED) is 0.585. The number of aromatic nitrogens is 4. The Morgan fingerprint density at radius 1 is 1.15 bits per heavy atom. The van der Waals surface area contributed by atoms with Crippen LogP contribution in [0.1, 0.15) is 24.1 Å². The van der Waals surface area contributed by atoms with Crippen LogP contribution in [0.5, 0.6) is 0 Å². The molecule has 4 rings (SSSR count). The molecule has 0 aliphatic rings. The van der Waals surface area contributed by atoms with Crippen molar-refractivity contribution in [3.8, 4) is 11.8 Å². The number of nitrogens with zero attached hydrogens (tertiary/aromatic N) is 4. The lowest BCUT2D eigenvalue weighted by Gasteiger charge is -2.14. The Morgan fingerprint density at radius 3 is 2.59 bits per heavy atom. The monoisotopic (exact) mass is 356 g/mol. The summed E-state index contributed by atoms with van der Waals surface area (Å²) in [5, 5.41) is 16.8. The molecule has 0 aliphatic carbocycles. The highest BCUT2D eigenvalue weighted by atomic mass is 16.1. The number of H-pyrrole nitrogens is 1. The van der Waals surface area contributed by atoms with Gasteiger partial charge >= 0.3 is 0 Å². The Bertz CT molecular complexity index is 1190. The highest BCUT2D eigenvalue weighted by Crippen LogP contribution is 2.19. The van der Waals surface area contributed by atoms with E-state index in [4.69, 9.17) is 5.26 Å². The minimum absolute atomic E-state index is 0.105. The number of hydrogen-bond donors (Lipinski definition) is 2. The molecule has 2 heterocycles. The Kier molecular flexibility index (Phi) is 4.15. The standard InChI is InChI=1S/C20H16N6O/c1-13(15-9-7-14(11-21)8-10-15)23-20-24-18-17(19(27)25-20)12-22-26(18)16-5-3-2-4-6-16/h2-10,12-13H,1H3,(H2,23,24,25,27). The van der Waals surface area contributed by atoms with Crippen LogP contribution >= 0.6 is 0 Å². The average molecular weight is 356 g/mol. The fourth-order valence-electron chi connectivity index (χ4n) is 2.88. The molecule has 2 N–H and O–H groups in total. The zero-order valence-electron chi connectivity index (χ0n) is 14.5. The lowest BCUT2D eigenvalue weighted by Crippen LogP contribution is -2.16. The predicted molar refractivity (Wildman–Crippen MR) is 103 cm³/mol. The van der Waals surface area contributed by atoms with Gasteiger partial charge < -0.3 is 5.32 Å². The molecule has 1 atom stereocenters. The van der Waals surface area contributed by atoms with Gasteiger partial charge in [-0.1, -0.05) is 30.3 Å². The molecule has 27 heavy (non-hydrogen) atoms. The Hall–Kier alpha value is -3.92. The number of hydrogen-bond acceptors (Lipinski definition) is 5. The first-order valence-electron chi connectivity index (χ1n) is 8.46. The number of rotatable bonds is 4. The maximum atomic E-state index is 12.4. The van der Waals surface area contributed by atoms with Crippen LogP contribution in [0.2, 0.25) is 0 Å². The molecule has 7 nitrogen and oxygen atoms in total. The Labute approximate surface area is 154 Å². The summed E-state index contributed by atoms with van der Waals surface area (Å²) in [7, 11) is 0. The first-order valence-corrected chi connectivity index (χ1v) is 8.46. The van der Waals surface area contributed by atoms with Crippen molar-refractivity contribution >= 4 is 17.0 Å². The zero-order chi connectivity index (χ0) is 18.8. The summed E-state index contributed by atoms with van der Waals surface area (Å²) in [6, 6.07) is 18.8. The summed E-state index contributed by atoms with van der Waals surface area (Å²) < 4.78 is 1.64. The molecule has 0 saturated heterocycles. The van der Waals surface area contributed by atoms with Gasteiger partial charge in [0, 0.05) is 0 Å².